The molecule has 0 unspecified atom stereocenters. The van der Waals surface area contributed by atoms with Crippen molar-refractivity contribution < 1.29 is 23.1 Å². The number of nitrogens with zero attached hydrogens (tertiary/aromatic N) is 4. The molecule has 0 atom stereocenters. The van der Waals surface area contributed by atoms with Gasteiger partial charge < -0.3 is 19.9 Å². The molecule has 8 nitrogen and oxygen atoms in total. The number of carbonyl (C=O) groups is 2. The summed E-state index contributed by atoms with van der Waals surface area (Å²) in [7, 11) is 1.20. The number of esters is 1. The molecular weight excluding hydrogens is 456 g/mol. The third kappa shape index (κ3) is 4.28. The van der Waals surface area contributed by atoms with Gasteiger partial charge in [-0.1, -0.05) is 0 Å². The maximum atomic E-state index is 14.0. The molecule has 5 rings (SSSR count). The van der Waals surface area contributed by atoms with Crippen molar-refractivity contribution in [2.75, 3.05) is 38.2 Å². The van der Waals surface area contributed by atoms with Gasteiger partial charge in [0.05, 0.1) is 25.3 Å². The number of hydrogen-bond donors (Lipinski definition) is 1. The molecule has 0 radical (unpaired) electrons. The predicted octanol–water partition coefficient (Wildman–Crippen LogP) is 3.52. The second-order valence-corrected chi connectivity index (χ2v) is 9.48. The molecule has 1 saturated heterocycles. The maximum absolute atomic E-state index is 14.0. The number of piperidine rings is 1. The lowest BCUT2D eigenvalue weighted by Crippen LogP contribution is -2.36. The highest BCUT2D eigenvalue weighted by atomic mass is 19.3. The van der Waals surface area contributed by atoms with Crippen molar-refractivity contribution in [2.24, 2.45) is 0 Å². The molecule has 188 valence electrons. The molecule has 0 spiro atoms. The summed E-state index contributed by atoms with van der Waals surface area (Å²) in [5, 5.41) is 8.47. The number of halogens is 2. The average Bonchev–Trinajstić information content (AvgIpc) is 3.26. The molecule has 1 aromatic heterocycles. The first-order chi connectivity index (χ1) is 16.9. The fraction of sp³-hybridized carbons (Fsp3) is 0.560. The molecule has 35 heavy (non-hydrogen) atoms. The fourth-order valence-corrected chi connectivity index (χ4v) is 5.60. The molecule has 0 aliphatic carbocycles. The normalized spacial score (nSPS) is 18.4. The van der Waals surface area contributed by atoms with E-state index in [1.54, 1.807) is 13.0 Å². The van der Waals surface area contributed by atoms with E-state index in [1.165, 1.54) is 13.2 Å². The standard InChI is InChI=1S/C25H31F2N5O3/c1-15(33)30-11-7-21-20(14-30)24(29-32(21)17-5-8-28-9-6-17)31-10-3-4-16-12-19(25(34)35-2)18(23(26)27)13-22(16)31/h12-13,17,23,28H,3-11,14H2,1-2H3. The zero-order chi connectivity index (χ0) is 24.7. The Morgan fingerprint density at radius 2 is 1.94 bits per heavy atom. The monoisotopic (exact) mass is 487 g/mol. The van der Waals surface area contributed by atoms with Crippen LogP contribution in [0, 0.1) is 0 Å². The van der Waals surface area contributed by atoms with Gasteiger partial charge >= 0.3 is 5.97 Å². The lowest BCUT2D eigenvalue weighted by molar-refractivity contribution is -0.129. The predicted molar refractivity (Wildman–Crippen MR) is 126 cm³/mol. The number of nitrogens with one attached hydrogen (secondary N) is 1. The third-order valence-corrected chi connectivity index (χ3v) is 7.43. The molecule has 0 bridgehead atoms. The molecule has 1 amide bonds. The van der Waals surface area contributed by atoms with Crippen molar-refractivity contribution in [3.05, 3.63) is 40.1 Å². The van der Waals surface area contributed by atoms with Gasteiger partial charge in [0.15, 0.2) is 5.82 Å². The van der Waals surface area contributed by atoms with E-state index in [4.69, 9.17) is 9.84 Å². The van der Waals surface area contributed by atoms with E-state index in [2.05, 4.69) is 10.00 Å². The van der Waals surface area contributed by atoms with Crippen molar-refractivity contribution in [2.45, 2.75) is 58.0 Å². The van der Waals surface area contributed by atoms with Gasteiger partial charge in [-0.15, -0.1) is 0 Å². The SMILES string of the molecule is COC(=O)c1cc2c(cc1C(F)F)N(c1nn(C3CCNCC3)c3c1CN(C(C)=O)CC3)CCC2. The zero-order valence-corrected chi connectivity index (χ0v) is 20.1. The van der Waals surface area contributed by atoms with Crippen LogP contribution in [0.2, 0.25) is 0 Å². The molecule has 0 saturated carbocycles. The van der Waals surface area contributed by atoms with Crippen LogP contribution < -0.4 is 10.2 Å². The Morgan fingerprint density at radius 1 is 1.17 bits per heavy atom. The number of aryl methyl sites for hydroxylation is 1. The van der Waals surface area contributed by atoms with Gasteiger partial charge in [0.1, 0.15) is 0 Å². The number of alkyl halides is 2. The van der Waals surface area contributed by atoms with E-state index in [0.29, 0.717) is 31.7 Å². The van der Waals surface area contributed by atoms with Gasteiger partial charge in [0.25, 0.3) is 6.43 Å². The minimum atomic E-state index is -2.81. The summed E-state index contributed by atoms with van der Waals surface area (Å²) in [6.45, 7) is 5.15. The van der Waals surface area contributed by atoms with Crippen LogP contribution >= 0.6 is 0 Å². The van der Waals surface area contributed by atoms with Gasteiger partial charge in [-0.2, -0.15) is 5.10 Å². The number of rotatable bonds is 4. The van der Waals surface area contributed by atoms with Crippen molar-refractivity contribution in [1.82, 2.24) is 20.0 Å². The second-order valence-electron chi connectivity index (χ2n) is 9.48. The van der Waals surface area contributed by atoms with E-state index < -0.39 is 12.4 Å². The van der Waals surface area contributed by atoms with Crippen molar-refractivity contribution >= 4 is 23.4 Å². The number of fused-ring (bicyclic) bond motifs is 2. The lowest BCUT2D eigenvalue weighted by Gasteiger charge is -2.33. The second kappa shape index (κ2) is 9.56. The Morgan fingerprint density at radius 3 is 2.63 bits per heavy atom. The van der Waals surface area contributed by atoms with Crippen molar-refractivity contribution in [3.8, 4) is 0 Å². The highest BCUT2D eigenvalue weighted by molar-refractivity contribution is 5.92. The Kier molecular flexibility index (Phi) is 6.48. The van der Waals surface area contributed by atoms with Gasteiger partial charge in [0, 0.05) is 48.9 Å². The van der Waals surface area contributed by atoms with Crippen LogP contribution in [-0.4, -0.2) is 59.8 Å². The number of benzene rings is 1. The van der Waals surface area contributed by atoms with E-state index in [0.717, 1.165) is 61.4 Å². The summed E-state index contributed by atoms with van der Waals surface area (Å²) < 4.78 is 34.9. The molecular formula is C25H31F2N5O3. The molecule has 10 heteroatoms. The van der Waals surface area contributed by atoms with E-state index in [9.17, 15) is 18.4 Å². The van der Waals surface area contributed by atoms with Crippen LogP contribution in [0.3, 0.4) is 0 Å². The number of ether oxygens (including phenoxy) is 1. The van der Waals surface area contributed by atoms with Crippen LogP contribution in [-0.2, 0) is 28.9 Å². The summed E-state index contributed by atoms with van der Waals surface area (Å²) in [6, 6.07) is 3.24. The Hall–Kier alpha value is -3.01. The summed E-state index contributed by atoms with van der Waals surface area (Å²) in [5.74, 6) is -0.0145. The first-order valence-corrected chi connectivity index (χ1v) is 12.3. The number of methoxy groups -OCH3 is 1. The average molecular weight is 488 g/mol. The molecule has 1 N–H and O–H groups in total. The summed E-state index contributed by atoms with van der Waals surface area (Å²) in [4.78, 5) is 28.2. The number of amides is 1. The van der Waals surface area contributed by atoms with Gasteiger partial charge in [-0.05, 0) is 56.5 Å². The minimum Gasteiger partial charge on any atom is -0.465 e. The minimum absolute atomic E-state index is 0.0120. The van der Waals surface area contributed by atoms with Crippen LogP contribution in [0.25, 0.3) is 0 Å². The third-order valence-electron chi connectivity index (χ3n) is 7.43. The van der Waals surface area contributed by atoms with Gasteiger partial charge in [-0.3, -0.25) is 9.48 Å². The number of aromatic nitrogens is 2. The topological polar surface area (TPSA) is 79.7 Å². The number of carbonyl (C=O) groups excluding carboxylic acids is 2. The van der Waals surface area contributed by atoms with Crippen LogP contribution in [0.4, 0.5) is 20.3 Å². The fourth-order valence-electron chi connectivity index (χ4n) is 5.60. The number of hydrogen-bond acceptors (Lipinski definition) is 6. The molecule has 2 aromatic rings. The quantitative estimate of drug-likeness (QED) is 0.665. The van der Waals surface area contributed by atoms with Crippen molar-refractivity contribution in [3.63, 3.8) is 0 Å². The van der Waals surface area contributed by atoms with Crippen molar-refractivity contribution in [1.29, 1.82) is 0 Å². The first kappa shape index (κ1) is 23.7. The molecule has 3 aliphatic heterocycles. The smallest absolute Gasteiger partial charge is 0.338 e. The Labute approximate surface area is 203 Å². The van der Waals surface area contributed by atoms with Gasteiger partial charge in [-0.25, -0.2) is 13.6 Å². The molecule has 4 heterocycles. The summed E-state index contributed by atoms with van der Waals surface area (Å²) in [6.07, 6.45) is 1.32. The van der Waals surface area contributed by atoms with E-state index in [-0.39, 0.29) is 23.1 Å². The van der Waals surface area contributed by atoms with Crippen LogP contribution in [0.5, 0.6) is 0 Å². The molecule has 1 fully saturated rings. The van der Waals surface area contributed by atoms with E-state index in [1.807, 2.05) is 9.80 Å². The van der Waals surface area contributed by atoms with Crippen LogP contribution in [0.15, 0.2) is 12.1 Å². The van der Waals surface area contributed by atoms with Crippen LogP contribution in [0.1, 0.15) is 71.4 Å². The van der Waals surface area contributed by atoms with Gasteiger partial charge in [0.2, 0.25) is 5.91 Å². The Balaban J connectivity index is 1.63. The lowest BCUT2D eigenvalue weighted by atomic mass is 9.94. The van der Waals surface area contributed by atoms with E-state index >= 15 is 0 Å². The highest BCUT2D eigenvalue weighted by Crippen LogP contribution is 2.41. The summed E-state index contributed by atoms with van der Waals surface area (Å²) in [5.41, 5.74) is 3.18. The molecule has 3 aliphatic rings. The first-order valence-electron chi connectivity index (χ1n) is 12.3. The number of anilines is 2. The largest absolute Gasteiger partial charge is 0.465 e. The zero-order valence-electron chi connectivity index (χ0n) is 20.1. The Bertz CT molecular complexity index is 1140. The highest BCUT2D eigenvalue weighted by Gasteiger charge is 2.34. The summed E-state index contributed by atoms with van der Waals surface area (Å²) >= 11 is 0. The maximum Gasteiger partial charge on any atom is 0.338 e. The molecule has 1 aromatic carbocycles.